The minimum Gasteiger partial charge on any atom is -0.468 e. The Morgan fingerprint density at radius 1 is 1.12 bits per heavy atom. The summed E-state index contributed by atoms with van der Waals surface area (Å²) in [5.74, 6) is -0.684. The van der Waals surface area contributed by atoms with E-state index in [1.807, 2.05) is 11.8 Å². The highest BCUT2D eigenvalue weighted by atomic mass is 19.1. The first-order valence-corrected chi connectivity index (χ1v) is 16.5. The van der Waals surface area contributed by atoms with Crippen LogP contribution in [-0.2, 0) is 20.7 Å². The predicted molar refractivity (Wildman–Crippen MR) is 171 cm³/mol. The van der Waals surface area contributed by atoms with E-state index in [1.54, 1.807) is 18.2 Å². The van der Waals surface area contributed by atoms with Crippen LogP contribution >= 0.6 is 0 Å². The molecule has 4 atom stereocenters. The van der Waals surface area contributed by atoms with Crippen LogP contribution in [-0.4, -0.2) is 90.3 Å². The summed E-state index contributed by atoms with van der Waals surface area (Å²) in [5, 5.41) is 1.54. The number of piperidine rings is 1. The molecule has 10 nitrogen and oxygen atoms in total. The van der Waals surface area contributed by atoms with Crippen molar-refractivity contribution in [2.45, 2.75) is 56.8 Å². The third kappa shape index (κ3) is 5.09. The van der Waals surface area contributed by atoms with Crippen molar-refractivity contribution in [3.8, 4) is 23.0 Å². The summed E-state index contributed by atoms with van der Waals surface area (Å²) in [7, 11) is 1.50. The van der Waals surface area contributed by atoms with Crippen molar-refractivity contribution in [1.29, 1.82) is 0 Å². The van der Waals surface area contributed by atoms with Gasteiger partial charge in [0.1, 0.15) is 47.5 Å². The number of halogens is 3. The van der Waals surface area contributed by atoms with E-state index in [0.717, 1.165) is 19.4 Å². The highest BCUT2D eigenvalue weighted by Gasteiger charge is 2.50. The van der Waals surface area contributed by atoms with E-state index in [1.165, 1.54) is 19.4 Å². The molecule has 4 aliphatic rings. The number of ether oxygens (including phenoxy) is 4. The van der Waals surface area contributed by atoms with Crippen molar-refractivity contribution in [1.82, 2.24) is 19.9 Å². The number of rotatable bonds is 9. The molecule has 0 saturated carbocycles. The summed E-state index contributed by atoms with van der Waals surface area (Å²) in [5.41, 5.74) is 0.263. The summed E-state index contributed by atoms with van der Waals surface area (Å²) >= 11 is 0. The highest BCUT2D eigenvalue weighted by molar-refractivity contribution is 6.02. The van der Waals surface area contributed by atoms with Gasteiger partial charge >= 0.3 is 12.0 Å². The zero-order valence-electron chi connectivity index (χ0n) is 26.8. The number of anilines is 1. The van der Waals surface area contributed by atoms with Crippen LogP contribution in [0.25, 0.3) is 32.9 Å². The van der Waals surface area contributed by atoms with E-state index >= 15 is 8.78 Å². The molecule has 2 unspecified atom stereocenters. The molecule has 4 aromatic rings. The summed E-state index contributed by atoms with van der Waals surface area (Å²) < 4.78 is 69.1. The molecule has 48 heavy (non-hydrogen) atoms. The highest BCUT2D eigenvalue weighted by Crippen LogP contribution is 2.42. The minimum absolute atomic E-state index is 0.0193. The number of hydrogen-bond acceptors (Lipinski definition) is 10. The first-order valence-electron chi connectivity index (χ1n) is 16.5. The molecule has 8 rings (SSSR count). The van der Waals surface area contributed by atoms with Gasteiger partial charge in [-0.25, -0.2) is 13.2 Å². The number of pyridine rings is 1. The Bertz CT molecular complexity index is 1930. The van der Waals surface area contributed by atoms with E-state index in [2.05, 4.69) is 14.9 Å². The second-order valence-electron chi connectivity index (χ2n) is 13.2. The first kappa shape index (κ1) is 31.1. The number of esters is 1. The van der Waals surface area contributed by atoms with E-state index in [9.17, 15) is 9.18 Å². The van der Waals surface area contributed by atoms with Gasteiger partial charge in [0, 0.05) is 38.4 Å². The Labute approximate surface area is 275 Å². The Kier molecular flexibility index (Phi) is 7.78. The number of aryl methyl sites for hydroxylation is 1. The molecular weight excluding hydrogens is 627 g/mol. The molecule has 4 saturated heterocycles. The molecular formula is C35H36F3N5O5. The average molecular weight is 664 g/mol. The molecule has 0 spiro atoms. The largest absolute Gasteiger partial charge is 0.468 e. The number of nitrogens with zero attached hydrogens (tertiary/aromatic N) is 5. The molecule has 0 aliphatic carbocycles. The molecule has 0 bridgehead atoms. The van der Waals surface area contributed by atoms with Crippen molar-refractivity contribution >= 4 is 33.5 Å². The standard InChI is InChI=1S/C35H36F3N5O5/c1-3-22-26(37)6-5-19-11-21(47-18-45-2)12-24(28(19)22)30-29(38)31-25(14-39-30)32(42-10-7-23-27(16-42)48-33(23)44)41-34(40-31)46-17-35-8-4-9-43(35)15-20(36)13-35/h5-6,11-12,14,20,23,27H,3-4,7-10,13,15-18H2,1-2H3/t20-,23?,27?,35+/m1/s1. The monoisotopic (exact) mass is 663 g/mol. The van der Waals surface area contributed by atoms with Gasteiger partial charge in [-0.2, -0.15) is 9.97 Å². The Hall–Kier alpha value is -4.23. The van der Waals surface area contributed by atoms with Crippen LogP contribution in [0.1, 0.15) is 38.2 Å². The van der Waals surface area contributed by atoms with E-state index < -0.39 is 23.3 Å². The molecule has 6 heterocycles. The van der Waals surface area contributed by atoms with Crippen LogP contribution in [0.15, 0.2) is 30.5 Å². The van der Waals surface area contributed by atoms with Crippen molar-refractivity contribution in [3.63, 3.8) is 0 Å². The summed E-state index contributed by atoms with van der Waals surface area (Å²) in [6.45, 7) is 4.02. The fourth-order valence-electron chi connectivity index (χ4n) is 8.06. The molecule has 4 aliphatic heterocycles. The second-order valence-corrected chi connectivity index (χ2v) is 13.2. The first-order chi connectivity index (χ1) is 23.3. The van der Waals surface area contributed by atoms with Crippen molar-refractivity contribution in [2.75, 3.05) is 51.6 Å². The quantitative estimate of drug-likeness (QED) is 0.172. The molecule has 4 fully saturated rings. The van der Waals surface area contributed by atoms with E-state index in [-0.39, 0.29) is 48.6 Å². The van der Waals surface area contributed by atoms with Crippen LogP contribution in [0.2, 0.25) is 0 Å². The Morgan fingerprint density at radius 2 is 2.00 bits per heavy atom. The lowest BCUT2D eigenvalue weighted by atomic mass is 9.89. The molecule has 252 valence electrons. The van der Waals surface area contributed by atoms with Gasteiger partial charge < -0.3 is 23.8 Å². The fraction of sp³-hybridized carbons (Fsp3) is 0.486. The number of carbonyl (C=O) groups excluding carboxylic acids is 1. The topological polar surface area (TPSA) is 99.1 Å². The van der Waals surface area contributed by atoms with Gasteiger partial charge in [0.25, 0.3) is 0 Å². The maximum atomic E-state index is 17.0. The van der Waals surface area contributed by atoms with Crippen molar-refractivity contribution in [3.05, 3.63) is 47.7 Å². The number of alkyl halides is 1. The maximum Gasteiger partial charge on any atom is 0.319 e. The number of benzene rings is 2. The number of methoxy groups -OCH3 is 1. The van der Waals surface area contributed by atoms with Gasteiger partial charge in [-0.15, -0.1) is 0 Å². The van der Waals surface area contributed by atoms with Gasteiger partial charge in [0.05, 0.1) is 23.4 Å². The lowest BCUT2D eigenvalue weighted by Gasteiger charge is -2.43. The lowest BCUT2D eigenvalue weighted by Crippen LogP contribution is -2.56. The minimum atomic E-state index is -0.934. The zero-order chi connectivity index (χ0) is 33.2. The molecule has 0 amide bonds. The fourth-order valence-corrected chi connectivity index (χ4v) is 8.06. The number of aromatic nitrogens is 3. The van der Waals surface area contributed by atoms with Gasteiger partial charge in [-0.1, -0.05) is 13.0 Å². The normalized spacial score (nSPS) is 25.2. The lowest BCUT2D eigenvalue weighted by molar-refractivity contribution is -0.185. The number of carbonyl (C=O) groups is 1. The van der Waals surface area contributed by atoms with Gasteiger partial charge in [0.2, 0.25) is 0 Å². The summed E-state index contributed by atoms with van der Waals surface area (Å²) in [6.07, 6.45) is 3.34. The summed E-state index contributed by atoms with van der Waals surface area (Å²) in [6, 6.07) is 6.38. The smallest absolute Gasteiger partial charge is 0.319 e. The van der Waals surface area contributed by atoms with Gasteiger partial charge in [-0.3, -0.25) is 14.7 Å². The Balaban J connectivity index is 1.26. The van der Waals surface area contributed by atoms with Crippen LogP contribution < -0.4 is 14.4 Å². The zero-order valence-corrected chi connectivity index (χ0v) is 26.8. The van der Waals surface area contributed by atoms with Crippen LogP contribution in [0.4, 0.5) is 19.0 Å². The number of fused-ring (bicyclic) bond motifs is 4. The molecule has 0 N–H and O–H groups in total. The van der Waals surface area contributed by atoms with Gasteiger partial charge in [0.15, 0.2) is 12.6 Å². The summed E-state index contributed by atoms with van der Waals surface area (Å²) in [4.78, 5) is 29.9. The third-order valence-electron chi connectivity index (χ3n) is 10.4. The van der Waals surface area contributed by atoms with E-state index in [0.29, 0.717) is 77.7 Å². The molecule has 2 aromatic heterocycles. The second kappa shape index (κ2) is 12.0. The van der Waals surface area contributed by atoms with Crippen LogP contribution in [0, 0.1) is 17.6 Å². The molecule has 2 aromatic carbocycles. The number of hydrogen-bond donors (Lipinski definition) is 0. The SMILES string of the molecule is CCc1c(F)ccc2cc(OCOC)cc(-c3ncc4c(N5CCC6C(=O)OC6C5)nc(OC[C@@]56CCCN5C[C@H](F)C6)nc4c3F)c12. The van der Waals surface area contributed by atoms with Crippen LogP contribution in [0.5, 0.6) is 11.8 Å². The Morgan fingerprint density at radius 3 is 2.79 bits per heavy atom. The van der Waals surface area contributed by atoms with Gasteiger partial charge in [-0.05, 0) is 66.8 Å². The predicted octanol–water partition coefficient (Wildman–Crippen LogP) is 5.38. The van der Waals surface area contributed by atoms with Crippen molar-refractivity contribution < 1.29 is 36.9 Å². The van der Waals surface area contributed by atoms with Crippen LogP contribution in [0.3, 0.4) is 0 Å². The average Bonchev–Trinajstić information content (AvgIpc) is 3.61. The third-order valence-corrected chi connectivity index (χ3v) is 10.4. The molecule has 13 heteroatoms. The van der Waals surface area contributed by atoms with E-state index in [4.69, 9.17) is 23.9 Å². The van der Waals surface area contributed by atoms with Crippen molar-refractivity contribution in [2.24, 2.45) is 5.92 Å². The maximum absolute atomic E-state index is 17.0. The molecule has 0 radical (unpaired) electrons.